The van der Waals surface area contributed by atoms with Gasteiger partial charge in [0.15, 0.2) is 5.78 Å². The number of fused-ring (bicyclic) bond motifs is 5. The van der Waals surface area contributed by atoms with Gasteiger partial charge in [0.05, 0.1) is 25.3 Å². The van der Waals surface area contributed by atoms with Crippen molar-refractivity contribution >= 4 is 96.4 Å². The molecule has 10 aromatic rings. The van der Waals surface area contributed by atoms with Gasteiger partial charge in [0.1, 0.15) is 5.78 Å². The van der Waals surface area contributed by atoms with E-state index in [0.717, 1.165) is 60.7 Å². The maximum absolute atomic E-state index is 11.6. The minimum Gasteiger partial charge on any atom is -0.487 e. The van der Waals surface area contributed by atoms with Crippen molar-refractivity contribution < 1.29 is 137 Å². The van der Waals surface area contributed by atoms with Crippen LogP contribution in [0.2, 0.25) is 0 Å². The number of carbonyl (C=O) groups is 5. The molecule has 18 heteroatoms. The standard InChI is InChI=1S/C13H13NO.C12H11NO3.C12H10NO2.C12H10NO.C11H8NO2.10C2H6.2CH4.ClH.3Y/c1-8-9(2)14-12-7-5-4-6-11(12)13(8)10(3)15;1-7-10(12(15)16-2)8-5-3-4-6-9(8)13-11(7)14;1-8-7-13-10-6-4-3-5-9(10)11(8)12(14)15-2;1-8-7-13-11-6-4-3-5-10(11)12(8)9(2)14;1-7-6-12-9-5-3-2-4-8(9)10(7)11(13)14;10*1-2;;;;;;/h4-7H,1-3H3;3-6H,1-2H3,(H,13,14);3-6H,1-2H3;3-6H,1-2H3;2-5H,1H3,(H,13,14);10*1-2H3;2*1H4;1H;;;/q;;3*-1;;;;;;;;;;;;;;;;. The summed E-state index contributed by atoms with van der Waals surface area (Å²) in [6.07, 6.45) is 8.35. The van der Waals surface area contributed by atoms with Crippen LogP contribution in [-0.2, 0) is 108 Å². The molecule has 0 amide bonds. The van der Waals surface area contributed by atoms with E-state index in [4.69, 9.17) is 9.84 Å². The molecule has 0 saturated heterocycles. The van der Waals surface area contributed by atoms with Crippen LogP contribution >= 0.6 is 12.4 Å². The summed E-state index contributed by atoms with van der Waals surface area (Å²) in [6.45, 7) is 54.0. The molecule has 0 saturated carbocycles. The molecular weight excluding hydrogens is 1500 g/mol. The predicted octanol–water partition coefficient (Wildman–Crippen LogP) is 23.3. The number of pyridine rings is 5. The number of aryl methyl sites for hydroxylation is 4. The molecule has 547 valence electrons. The molecule has 0 spiro atoms. The van der Waals surface area contributed by atoms with E-state index >= 15 is 0 Å². The third-order valence-corrected chi connectivity index (χ3v) is 11.9. The summed E-state index contributed by atoms with van der Waals surface area (Å²) in [6, 6.07) is 37.1. The third-order valence-electron chi connectivity index (χ3n) is 11.9. The summed E-state index contributed by atoms with van der Waals surface area (Å²) in [5.41, 5.74) is 10.6. The Morgan fingerprint density at radius 2 is 0.650 bits per heavy atom. The first-order chi connectivity index (χ1) is 45.4. The molecule has 0 aliphatic rings. The zero-order valence-corrected chi connectivity index (χ0v) is 74.0. The SMILES string of the molecule is C.C.CC.CC.CC.CC.CC.CC.CC.CC.CC.CC.CC(=O)c1c(C)[c-]nc2ccccc12.CC(=O)c1c(C)c(C)nc2ccccc12.COC(=O)c1c(C)[c-]nc2ccccc12.COC(=O)c1c(C)c(=O)[nH]c2ccccc12.Cc1[c-]nc2ccccc2c1C(=O)O.Cl.[Y].[Y].[Y]. The molecule has 5 aromatic heterocycles. The van der Waals surface area contributed by atoms with Gasteiger partial charge in [0.25, 0.3) is 17.5 Å². The summed E-state index contributed by atoms with van der Waals surface area (Å²) < 4.78 is 9.43. The first kappa shape index (κ1) is 118. The van der Waals surface area contributed by atoms with Gasteiger partial charge in [0, 0.05) is 131 Å². The summed E-state index contributed by atoms with van der Waals surface area (Å²) in [5.74, 6) is -1.59. The van der Waals surface area contributed by atoms with Crippen LogP contribution < -0.4 is 5.56 Å². The number of para-hydroxylation sites is 5. The van der Waals surface area contributed by atoms with Crippen LogP contribution in [0.1, 0.15) is 252 Å². The van der Waals surface area contributed by atoms with Crippen molar-refractivity contribution in [2.75, 3.05) is 14.2 Å². The number of aromatic amines is 1. The molecule has 5 aromatic carbocycles. The van der Waals surface area contributed by atoms with Gasteiger partial charge in [0.2, 0.25) is 0 Å². The Morgan fingerprint density at radius 3 is 0.990 bits per heavy atom. The van der Waals surface area contributed by atoms with Crippen LogP contribution in [0.25, 0.3) is 54.5 Å². The summed E-state index contributed by atoms with van der Waals surface area (Å²) in [4.78, 5) is 88.3. The van der Waals surface area contributed by atoms with E-state index in [9.17, 15) is 28.8 Å². The quantitative estimate of drug-likeness (QED) is 0.0935. The minimum absolute atomic E-state index is 0. The first-order valence-corrected chi connectivity index (χ1v) is 33.1. The Labute approximate surface area is 685 Å². The molecule has 0 unspecified atom stereocenters. The van der Waals surface area contributed by atoms with Crippen LogP contribution in [0, 0.1) is 60.1 Å². The maximum Gasteiger partial charge on any atom is 0.339 e. The monoisotopic (exact) mass is 1620 g/mol. The van der Waals surface area contributed by atoms with Crippen molar-refractivity contribution in [1.82, 2.24) is 24.9 Å². The molecule has 5 heterocycles. The molecular formula is C82H121ClN5O9Y3-3. The van der Waals surface area contributed by atoms with E-state index in [1.54, 1.807) is 71.0 Å². The number of ether oxygens (including phenoxy) is 2. The van der Waals surface area contributed by atoms with E-state index in [1.165, 1.54) is 14.2 Å². The van der Waals surface area contributed by atoms with Gasteiger partial charge in [-0.3, -0.25) is 24.2 Å². The van der Waals surface area contributed by atoms with Crippen LogP contribution in [0.5, 0.6) is 0 Å². The minimum atomic E-state index is -0.933. The van der Waals surface area contributed by atoms with E-state index in [-0.39, 0.29) is 154 Å². The van der Waals surface area contributed by atoms with Gasteiger partial charge in [-0.05, 0) is 80.0 Å². The van der Waals surface area contributed by atoms with Crippen LogP contribution in [0.15, 0.2) is 126 Å². The predicted molar refractivity (Wildman–Crippen MR) is 420 cm³/mol. The number of esters is 2. The number of nitrogens with one attached hydrogen (secondary N) is 1. The van der Waals surface area contributed by atoms with Crippen molar-refractivity contribution in [3.63, 3.8) is 0 Å². The second kappa shape index (κ2) is 71.7. The molecule has 0 aliphatic carbocycles. The fraction of sp³-hybridized carbons (Fsp3) is 0.390. The van der Waals surface area contributed by atoms with Crippen molar-refractivity contribution in [3.05, 3.63) is 212 Å². The summed E-state index contributed by atoms with van der Waals surface area (Å²) in [7, 11) is 2.68. The van der Waals surface area contributed by atoms with Crippen molar-refractivity contribution in [1.29, 1.82) is 0 Å². The number of ketones is 2. The maximum atomic E-state index is 11.6. The summed E-state index contributed by atoms with van der Waals surface area (Å²) >= 11 is 0. The molecule has 100 heavy (non-hydrogen) atoms. The Morgan fingerprint density at radius 1 is 0.380 bits per heavy atom. The van der Waals surface area contributed by atoms with Crippen LogP contribution in [0.3, 0.4) is 0 Å². The number of aromatic nitrogens is 5. The van der Waals surface area contributed by atoms with Gasteiger partial charge in [-0.15, -0.1) is 29.1 Å². The zero-order valence-electron chi connectivity index (χ0n) is 64.7. The van der Waals surface area contributed by atoms with E-state index in [1.807, 2.05) is 244 Å². The van der Waals surface area contributed by atoms with E-state index in [0.29, 0.717) is 49.6 Å². The molecule has 14 nitrogen and oxygen atoms in total. The Bertz CT molecular complexity index is 3780. The molecule has 0 fully saturated rings. The number of carboxylic acid groups (broad SMARTS) is 1. The van der Waals surface area contributed by atoms with Crippen LogP contribution in [-0.4, -0.2) is 73.7 Å². The second-order valence-corrected chi connectivity index (χ2v) is 16.8. The number of methoxy groups -OCH3 is 2. The number of hydrogen-bond donors (Lipinski definition) is 2. The molecule has 2 N–H and O–H groups in total. The largest absolute Gasteiger partial charge is 0.487 e. The Hall–Kier alpha value is -5.70. The molecule has 10 rings (SSSR count). The first-order valence-electron chi connectivity index (χ1n) is 33.1. The molecule has 0 bridgehead atoms. The number of aromatic carboxylic acids is 1. The van der Waals surface area contributed by atoms with Gasteiger partial charge >= 0.3 is 5.97 Å². The number of rotatable bonds is 5. The second-order valence-electron chi connectivity index (χ2n) is 16.8. The van der Waals surface area contributed by atoms with Gasteiger partial charge in [-0.25, -0.2) is 4.79 Å². The number of nitrogens with zero attached hydrogens (tertiary/aromatic N) is 4. The number of benzene rings is 5. The summed E-state index contributed by atoms with van der Waals surface area (Å²) in [5, 5.41) is 13.1. The Kier molecular flexibility index (Phi) is 84.8. The van der Waals surface area contributed by atoms with Gasteiger partial charge < -0.3 is 39.3 Å². The topological polar surface area (TPSA) is 208 Å². The van der Waals surface area contributed by atoms with Gasteiger partial charge in [-0.1, -0.05) is 324 Å². The van der Waals surface area contributed by atoms with Crippen molar-refractivity contribution in [2.24, 2.45) is 0 Å². The number of hydrogen-bond acceptors (Lipinski definition) is 12. The average Bonchev–Trinajstić information content (AvgIpc) is 0.824. The van der Waals surface area contributed by atoms with Gasteiger partial charge in [-0.2, -0.15) is 0 Å². The smallest absolute Gasteiger partial charge is 0.339 e. The van der Waals surface area contributed by atoms with E-state index in [2.05, 4.69) is 48.2 Å². The fourth-order valence-corrected chi connectivity index (χ4v) is 8.24. The van der Waals surface area contributed by atoms with Crippen molar-refractivity contribution in [3.8, 4) is 0 Å². The number of carbonyl (C=O) groups excluding carboxylic acids is 4. The van der Waals surface area contributed by atoms with Crippen molar-refractivity contribution in [2.45, 2.75) is 209 Å². The number of Topliss-reactive ketones (excluding diaryl/α,β-unsaturated/α-hetero) is 2. The normalized spacial score (nSPS) is 8.30. The number of H-pyrrole nitrogens is 1. The Balaban J connectivity index is -0.000000102. The fourth-order valence-electron chi connectivity index (χ4n) is 8.24. The molecule has 0 atom stereocenters. The number of carboxylic acids is 1. The molecule has 3 radical (unpaired) electrons. The number of halogens is 1. The zero-order chi connectivity index (χ0) is 73.8. The third kappa shape index (κ3) is 37.0. The molecule has 0 aliphatic heterocycles. The average molecular weight is 1620 g/mol. The van der Waals surface area contributed by atoms with Crippen LogP contribution in [0.4, 0.5) is 0 Å². The van der Waals surface area contributed by atoms with E-state index < -0.39 is 11.9 Å².